The van der Waals surface area contributed by atoms with Crippen molar-refractivity contribution in [3.05, 3.63) is 42.0 Å². The van der Waals surface area contributed by atoms with Crippen molar-refractivity contribution in [3.8, 4) is 0 Å². The Labute approximate surface area is 104 Å². The zero-order valence-electron chi connectivity index (χ0n) is 9.44. The van der Waals surface area contributed by atoms with E-state index in [0.717, 1.165) is 5.56 Å². The van der Waals surface area contributed by atoms with Gasteiger partial charge in [-0.25, -0.2) is 0 Å². The first-order valence-corrected chi connectivity index (χ1v) is 5.87. The summed E-state index contributed by atoms with van der Waals surface area (Å²) in [4.78, 5) is 11.4. The van der Waals surface area contributed by atoms with Gasteiger partial charge in [-0.2, -0.15) is 0 Å². The minimum Gasteiger partial charge on any atom is -0.460 e. The number of alkyl halides is 1. The van der Waals surface area contributed by atoms with Gasteiger partial charge in [-0.3, -0.25) is 4.79 Å². The van der Waals surface area contributed by atoms with Crippen molar-refractivity contribution in [2.75, 3.05) is 6.61 Å². The van der Waals surface area contributed by atoms with Crippen LogP contribution in [0.1, 0.15) is 19.4 Å². The van der Waals surface area contributed by atoms with Crippen molar-refractivity contribution >= 4 is 28.0 Å². The fraction of sp³-hybridized carbons (Fsp3) is 0.308. The Morgan fingerprint density at radius 3 is 2.56 bits per heavy atom. The van der Waals surface area contributed by atoms with Crippen molar-refractivity contribution in [3.63, 3.8) is 0 Å². The molecule has 0 aliphatic rings. The molecule has 16 heavy (non-hydrogen) atoms. The molecule has 0 aliphatic heterocycles. The van der Waals surface area contributed by atoms with Crippen molar-refractivity contribution in [1.82, 2.24) is 0 Å². The summed E-state index contributed by atoms with van der Waals surface area (Å²) in [5, 5.41) is 0. The van der Waals surface area contributed by atoms with E-state index in [4.69, 9.17) is 4.74 Å². The molecule has 0 spiro atoms. The summed E-state index contributed by atoms with van der Waals surface area (Å²) >= 11 is 3.24. The number of benzene rings is 1. The Bertz CT molecular complexity index is 363. The molecule has 0 heterocycles. The van der Waals surface area contributed by atoms with Gasteiger partial charge in [0.25, 0.3) is 0 Å². The van der Waals surface area contributed by atoms with Gasteiger partial charge in [0, 0.05) is 0 Å². The summed E-state index contributed by atoms with van der Waals surface area (Å²) in [6, 6.07) is 9.88. The zero-order valence-corrected chi connectivity index (χ0v) is 11.0. The SMILES string of the molecule is CC(C)(Br)C(=O)OCC=Cc1ccccc1. The monoisotopic (exact) mass is 282 g/mol. The van der Waals surface area contributed by atoms with Gasteiger partial charge in [0.1, 0.15) is 10.9 Å². The van der Waals surface area contributed by atoms with Crippen LogP contribution in [0.2, 0.25) is 0 Å². The number of hydrogen-bond donors (Lipinski definition) is 0. The van der Waals surface area contributed by atoms with Gasteiger partial charge in [-0.05, 0) is 25.5 Å². The second kappa shape index (κ2) is 5.85. The van der Waals surface area contributed by atoms with Gasteiger partial charge >= 0.3 is 5.97 Å². The highest BCUT2D eigenvalue weighted by molar-refractivity contribution is 9.10. The fourth-order valence-corrected chi connectivity index (χ4v) is 1.16. The molecule has 3 heteroatoms. The van der Waals surface area contributed by atoms with Gasteiger partial charge in [-0.1, -0.05) is 52.3 Å². The number of carbonyl (C=O) groups excluding carboxylic acids is 1. The molecule has 0 aromatic heterocycles. The Morgan fingerprint density at radius 2 is 2.00 bits per heavy atom. The van der Waals surface area contributed by atoms with Gasteiger partial charge in [0.15, 0.2) is 0 Å². The Hall–Kier alpha value is -1.09. The highest BCUT2D eigenvalue weighted by Gasteiger charge is 2.24. The van der Waals surface area contributed by atoms with E-state index in [9.17, 15) is 4.79 Å². The molecule has 0 N–H and O–H groups in total. The summed E-state index contributed by atoms with van der Waals surface area (Å²) < 4.78 is 4.44. The summed E-state index contributed by atoms with van der Waals surface area (Å²) in [7, 11) is 0. The first-order valence-electron chi connectivity index (χ1n) is 5.08. The molecule has 86 valence electrons. The standard InChI is InChI=1S/C13H15BrO2/c1-13(2,14)12(15)16-10-6-9-11-7-4-3-5-8-11/h3-9H,10H2,1-2H3. The van der Waals surface area contributed by atoms with Gasteiger partial charge in [0.05, 0.1) is 0 Å². The Balaban J connectivity index is 2.37. The number of rotatable bonds is 4. The van der Waals surface area contributed by atoms with Gasteiger partial charge in [-0.15, -0.1) is 0 Å². The zero-order chi connectivity index (χ0) is 12.0. The number of hydrogen-bond acceptors (Lipinski definition) is 2. The average Bonchev–Trinajstić information content (AvgIpc) is 2.24. The lowest BCUT2D eigenvalue weighted by Gasteiger charge is -2.13. The molecule has 1 aromatic carbocycles. The van der Waals surface area contributed by atoms with Crippen LogP contribution in [0.4, 0.5) is 0 Å². The summed E-state index contributed by atoms with van der Waals surface area (Å²) in [5.41, 5.74) is 1.09. The predicted molar refractivity (Wildman–Crippen MR) is 69.4 cm³/mol. The third-order valence-corrected chi connectivity index (χ3v) is 2.23. The van der Waals surface area contributed by atoms with E-state index in [-0.39, 0.29) is 5.97 Å². The van der Waals surface area contributed by atoms with Crippen LogP contribution >= 0.6 is 15.9 Å². The fourth-order valence-electron chi connectivity index (χ4n) is 1.04. The summed E-state index contributed by atoms with van der Waals surface area (Å²) in [6.07, 6.45) is 3.75. The van der Waals surface area contributed by atoms with Crippen LogP contribution in [0, 0.1) is 0 Å². The van der Waals surface area contributed by atoms with Crippen LogP contribution in [0.25, 0.3) is 6.08 Å². The molecule has 0 bridgehead atoms. The minimum absolute atomic E-state index is 0.259. The van der Waals surface area contributed by atoms with E-state index in [1.165, 1.54) is 0 Å². The van der Waals surface area contributed by atoms with Crippen LogP contribution in [-0.4, -0.2) is 16.9 Å². The molecule has 2 nitrogen and oxygen atoms in total. The molecular weight excluding hydrogens is 268 g/mol. The quantitative estimate of drug-likeness (QED) is 0.625. The maximum atomic E-state index is 11.4. The summed E-state index contributed by atoms with van der Waals surface area (Å²) in [6.45, 7) is 3.81. The number of ether oxygens (including phenoxy) is 1. The van der Waals surface area contributed by atoms with Crippen LogP contribution < -0.4 is 0 Å². The maximum Gasteiger partial charge on any atom is 0.322 e. The minimum atomic E-state index is -0.617. The van der Waals surface area contributed by atoms with Crippen LogP contribution in [0.3, 0.4) is 0 Å². The smallest absolute Gasteiger partial charge is 0.322 e. The van der Waals surface area contributed by atoms with Crippen LogP contribution in [0.5, 0.6) is 0 Å². The second-order valence-corrected chi connectivity index (χ2v) is 5.87. The Morgan fingerprint density at radius 1 is 1.38 bits per heavy atom. The second-order valence-electron chi connectivity index (χ2n) is 3.88. The number of carbonyl (C=O) groups is 1. The van der Waals surface area contributed by atoms with Crippen molar-refractivity contribution in [1.29, 1.82) is 0 Å². The lowest BCUT2D eigenvalue weighted by molar-refractivity contribution is -0.144. The van der Waals surface area contributed by atoms with Crippen LogP contribution in [-0.2, 0) is 9.53 Å². The van der Waals surface area contributed by atoms with E-state index in [2.05, 4.69) is 15.9 Å². The molecule has 0 fully saturated rings. The van der Waals surface area contributed by atoms with E-state index in [0.29, 0.717) is 6.61 Å². The van der Waals surface area contributed by atoms with E-state index in [1.807, 2.05) is 42.5 Å². The molecular formula is C13H15BrO2. The third-order valence-electron chi connectivity index (χ3n) is 1.91. The Kier molecular flexibility index (Phi) is 4.74. The molecule has 1 rings (SSSR count). The van der Waals surface area contributed by atoms with Crippen LogP contribution in [0.15, 0.2) is 36.4 Å². The normalized spacial score (nSPS) is 11.7. The van der Waals surface area contributed by atoms with Gasteiger partial charge < -0.3 is 4.74 Å². The highest BCUT2D eigenvalue weighted by Crippen LogP contribution is 2.17. The molecule has 0 saturated carbocycles. The third kappa shape index (κ3) is 4.62. The lowest BCUT2D eigenvalue weighted by Crippen LogP contribution is -2.26. The number of halogens is 1. The molecule has 1 aromatic rings. The van der Waals surface area contributed by atoms with Crippen molar-refractivity contribution in [2.24, 2.45) is 0 Å². The topological polar surface area (TPSA) is 26.3 Å². The average molecular weight is 283 g/mol. The molecule has 0 aliphatic carbocycles. The van der Waals surface area contributed by atoms with Crippen molar-refractivity contribution < 1.29 is 9.53 Å². The maximum absolute atomic E-state index is 11.4. The summed E-state index contributed by atoms with van der Waals surface area (Å²) in [5.74, 6) is -0.259. The molecule has 0 unspecified atom stereocenters. The van der Waals surface area contributed by atoms with E-state index < -0.39 is 4.32 Å². The first kappa shape index (κ1) is 13.0. The molecule has 0 atom stereocenters. The first-order chi connectivity index (χ1) is 7.50. The highest BCUT2D eigenvalue weighted by atomic mass is 79.9. The van der Waals surface area contributed by atoms with Crippen molar-refractivity contribution in [2.45, 2.75) is 18.2 Å². The number of esters is 1. The lowest BCUT2D eigenvalue weighted by atomic mass is 10.2. The molecule has 0 radical (unpaired) electrons. The van der Waals surface area contributed by atoms with Gasteiger partial charge in [0.2, 0.25) is 0 Å². The van der Waals surface area contributed by atoms with E-state index in [1.54, 1.807) is 13.8 Å². The predicted octanol–water partition coefficient (Wildman–Crippen LogP) is 3.42. The largest absolute Gasteiger partial charge is 0.460 e. The molecule has 0 saturated heterocycles. The molecule has 0 amide bonds. The van der Waals surface area contributed by atoms with E-state index >= 15 is 0 Å².